The lowest BCUT2D eigenvalue weighted by Gasteiger charge is -2.14. The van der Waals surface area contributed by atoms with Crippen LogP contribution in [0.4, 0.5) is 0 Å². The van der Waals surface area contributed by atoms with Gasteiger partial charge in [-0.3, -0.25) is 9.59 Å². The maximum absolute atomic E-state index is 11.5. The fourth-order valence-corrected chi connectivity index (χ4v) is 1.63. The maximum Gasteiger partial charge on any atom is 0.325 e. The van der Waals surface area contributed by atoms with Gasteiger partial charge in [0.25, 0.3) is 5.91 Å². The van der Waals surface area contributed by atoms with Crippen LogP contribution in [0, 0.1) is 20.8 Å². The number of carbonyl (C=O) groups is 2. The van der Waals surface area contributed by atoms with Crippen LogP contribution in [0.25, 0.3) is 0 Å². The zero-order chi connectivity index (χ0) is 14.6. The number of benzene rings is 1. The second kappa shape index (κ2) is 6.22. The van der Waals surface area contributed by atoms with Crippen LogP contribution < -0.4 is 10.1 Å². The van der Waals surface area contributed by atoms with Crippen LogP contribution in [-0.4, -0.2) is 29.6 Å². The topological polar surface area (TPSA) is 75.6 Å². The number of nitrogens with one attached hydrogen (secondary N) is 1. The second-order valence-corrected chi connectivity index (χ2v) is 4.57. The van der Waals surface area contributed by atoms with Gasteiger partial charge in [-0.15, -0.1) is 0 Å². The van der Waals surface area contributed by atoms with E-state index >= 15 is 0 Å². The third-order valence-corrected chi connectivity index (χ3v) is 2.97. The van der Waals surface area contributed by atoms with Crippen molar-refractivity contribution in [1.82, 2.24) is 5.32 Å². The molecule has 5 heteroatoms. The molecule has 0 aromatic heterocycles. The highest BCUT2D eigenvalue weighted by molar-refractivity contribution is 5.84. The molecule has 0 heterocycles. The van der Waals surface area contributed by atoms with E-state index in [1.54, 1.807) is 0 Å². The predicted molar refractivity (Wildman–Crippen MR) is 71.4 cm³/mol. The molecule has 0 spiro atoms. The van der Waals surface area contributed by atoms with E-state index in [4.69, 9.17) is 9.84 Å². The van der Waals surface area contributed by atoms with Crippen molar-refractivity contribution in [1.29, 1.82) is 0 Å². The SMILES string of the molecule is Cc1ccc(C)c(OCC(=O)N[C@H](C)C(=O)O)c1C. The van der Waals surface area contributed by atoms with Gasteiger partial charge in [-0.05, 0) is 44.4 Å². The Balaban J connectivity index is 2.65. The van der Waals surface area contributed by atoms with Gasteiger partial charge in [-0.1, -0.05) is 12.1 Å². The second-order valence-electron chi connectivity index (χ2n) is 4.57. The third-order valence-electron chi connectivity index (χ3n) is 2.97. The molecule has 1 aromatic carbocycles. The lowest BCUT2D eigenvalue weighted by molar-refractivity contribution is -0.141. The van der Waals surface area contributed by atoms with Gasteiger partial charge in [0.15, 0.2) is 6.61 Å². The Bertz CT molecular complexity index is 496. The van der Waals surface area contributed by atoms with Crippen molar-refractivity contribution in [3.05, 3.63) is 28.8 Å². The van der Waals surface area contributed by atoms with Crippen LogP contribution in [0.3, 0.4) is 0 Å². The number of aryl methyl sites for hydroxylation is 2. The Morgan fingerprint density at radius 3 is 2.42 bits per heavy atom. The molecule has 2 N–H and O–H groups in total. The maximum atomic E-state index is 11.5. The summed E-state index contributed by atoms with van der Waals surface area (Å²) in [6, 6.07) is 3.00. The van der Waals surface area contributed by atoms with Gasteiger partial charge >= 0.3 is 5.97 Å². The molecule has 19 heavy (non-hydrogen) atoms. The molecule has 0 fully saturated rings. The van der Waals surface area contributed by atoms with E-state index in [0.717, 1.165) is 16.7 Å². The summed E-state index contributed by atoms with van der Waals surface area (Å²) < 4.78 is 5.49. The summed E-state index contributed by atoms with van der Waals surface area (Å²) in [5.74, 6) is -0.843. The predicted octanol–water partition coefficient (Wildman–Crippen LogP) is 1.58. The van der Waals surface area contributed by atoms with Crippen LogP contribution in [0.1, 0.15) is 23.6 Å². The van der Waals surface area contributed by atoms with Gasteiger partial charge in [0.05, 0.1) is 0 Å². The van der Waals surface area contributed by atoms with Crippen molar-refractivity contribution in [3.8, 4) is 5.75 Å². The van der Waals surface area contributed by atoms with Crippen molar-refractivity contribution in [2.45, 2.75) is 33.7 Å². The Morgan fingerprint density at radius 2 is 1.84 bits per heavy atom. The summed E-state index contributed by atoms with van der Waals surface area (Å²) in [4.78, 5) is 22.1. The first-order valence-electron chi connectivity index (χ1n) is 6.04. The van der Waals surface area contributed by atoms with Gasteiger partial charge < -0.3 is 15.2 Å². The number of rotatable bonds is 5. The van der Waals surface area contributed by atoms with Crippen molar-refractivity contribution in [3.63, 3.8) is 0 Å². The van der Waals surface area contributed by atoms with Crippen LogP contribution in [0.15, 0.2) is 12.1 Å². The fourth-order valence-electron chi connectivity index (χ4n) is 1.63. The van der Waals surface area contributed by atoms with E-state index in [0.29, 0.717) is 5.75 Å². The minimum absolute atomic E-state index is 0.192. The van der Waals surface area contributed by atoms with Gasteiger partial charge in [0.1, 0.15) is 11.8 Å². The minimum atomic E-state index is -1.07. The molecule has 1 aromatic rings. The zero-order valence-corrected chi connectivity index (χ0v) is 11.6. The summed E-state index contributed by atoms with van der Waals surface area (Å²) in [7, 11) is 0. The number of hydrogen-bond acceptors (Lipinski definition) is 3. The van der Waals surface area contributed by atoms with Crippen molar-refractivity contribution in [2.75, 3.05) is 6.61 Å². The standard InChI is InChI=1S/C14H19NO4/c1-8-5-6-9(2)13(10(8)3)19-7-12(16)15-11(4)14(17)18/h5-6,11H,7H2,1-4H3,(H,15,16)(H,17,18)/t11-/m1/s1. The summed E-state index contributed by atoms with van der Waals surface area (Å²) in [5, 5.41) is 11.0. The first-order chi connectivity index (χ1) is 8.82. The van der Waals surface area contributed by atoms with E-state index in [1.165, 1.54) is 6.92 Å². The summed E-state index contributed by atoms with van der Waals surface area (Å²) >= 11 is 0. The number of aliphatic carboxylic acids is 1. The number of carbonyl (C=O) groups excluding carboxylic acids is 1. The summed E-state index contributed by atoms with van der Waals surface area (Å²) in [6.45, 7) is 7.01. The molecular weight excluding hydrogens is 246 g/mol. The molecule has 0 saturated heterocycles. The number of hydrogen-bond donors (Lipinski definition) is 2. The molecular formula is C14H19NO4. The normalized spacial score (nSPS) is 11.8. The van der Waals surface area contributed by atoms with Crippen molar-refractivity contribution in [2.24, 2.45) is 0 Å². The van der Waals surface area contributed by atoms with Crippen LogP contribution in [-0.2, 0) is 9.59 Å². The highest BCUT2D eigenvalue weighted by Gasteiger charge is 2.15. The van der Waals surface area contributed by atoms with E-state index in [2.05, 4.69) is 5.32 Å². The molecule has 0 aliphatic heterocycles. The van der Waals surface area contributed by atoms with Gasteiger partial charge in [-0.25, -0.2) is 0 Å². The lowest BCUT2D eigenvalue weighted by Crippen LogP contribution is -2.40. The molecule has 0 radical (unpaired) electrons. The lowest BCUT2D eigenvalue weighted by atomic mass is 10.1. The molecule has 0 saturated carbocycles. The highest BCUT2D eigenvalue weighted by Crippen LogP contribution is 2.25. The smallest absolute Gasteiger partial charge is 0.325 e. The average molecular weight is 265 g/mol. The molecule has 5 nitrogen and oxygen atoms in total. The van der Waals surface area contributed by atoms with Gasteiger partial charge in [0.2, 0.25) is 0 Å². The highest BCUT2D eigenvalue weighted by atomic mass is 16.5. The van der Waals surface area contributed by atoms with Crippen molar-refractivity contribution < 1.29 is 19.4 Å². The number of amides is 1. The molecule has 1 atom stereocenters. The van der Waals surface area contributed by atoms with Crippen LogP contribution >= 0.6 is 0 Å². The van der Waals surface area contributed by atoms with E-state index in [1.807, 2.05) is 32.9 Å². The Kier molecular flexibility index (Phi) is 4.92. The third kappa shape index (κ3) is 3.98. The largest absolute Gasteiger partial charge is 0.483 e. The van der Waals surface area contributed by atoms with Crippen LogP contribution in [0.5, 0.6) is 5.75 Å². The first-order valence-corrected chi connectivity index (χ1v) is 6.04. The Hall–Kier alpha value is -2.04. The molecule has 1 amide bonds. The number of carboxylic acid groups (broad SMARTS) is 1. The van der Waals surface area contributed by atoms with E-state index in [9.17, 15) is 9.59 Å². The molecule has 0 bridgehead atoms. The van der Waals surface area contributed by atoms with E-state index in [-0.39, 0.29) is 6.61 Å². The molecule has 0 aliphatic carbocycles. The monoisotopic (exact) mass is 265 g/mol. The van der Waals surface area contributed by atoms with Gasteiger partial charge in [-0.2, -0.15) is 0 Å². The van der Waals surface area contributed by atoms with E-state index < -0.39 is 17.9 Å². The average Bonchev–Trinajstić information content (AvgIpc) is 2.33. The Labute approximate surface area is 112 Å². The van der Waals surface area contributed by atoms with Crippen LogP contribution in [0.2, 0.25) is 0 Å². The van der Waals surface area contributed by atoms with Crippen molar-refractivity contribution >= 4 is 11.9 Å². The summed E-state index contributed by atoms with van der Waals surface area (Å²) in [6.07, 6.45) is 0. The van der Waals surface area contributed by atoms with Gasteiger partial charge in [0, 0.05) is 0 Å². The fraction of sp³-hybridized carbons (Fsp3) is 0.429. The summed E-state index contributed by atoms with van der Waals surface area (Å²) in [5.41, 5.74) is 3.01. The number of carboxylic acids is 1. The first kappa shape index (κ1) is 15.0. The number of ether oxygens (including phenoxy) is 1. The Morgan fingerprint density at radius 1 is 1.26 bits per heavy atom. The molecule has 0 unspecified atom stereocenters. The molecule has 0 aliphatic rings. The molecule has 1 rings (SSSR count). The quantitative estimate of drug-likeness (QED) is 0.847. The molecule has 104 valence electrons. The zero-order valence-electron chi connectivity index (χ0n) is 11.6. The minimum Gasteiger partial charge on any atom is -0.483 e.